The van der Waals surface area contributed by atoms with Gasteiger partial charge in [0.15, 0.2) is 0 Å². The van der Waals surface area contributed by atoms with E-state index >= 15 is 0 Å². The maximum atomic E-state index is 12.9. The Morgan fingerprint density at radius 2 is 1.50 bits per heavy atom. The van der Waals surface area contributed by atoms with Gasteiger partial charge in [0.25, 0.3) is 5.91 Å². The van der Waals surface area contributed by atoms with Crippen molar-refractivity contribution in [1.82, 2.24) is 10.6 Å². The largest absolute Gasteiger partial charge is 0.416 e. The van der Waals surface area contributed by atoms with Crippen molar-refractivity contribution in [3.05, 3.63) is 34.9 Å². The van der Waals surface area contributed by atoms with Crippen molar-refractivity contribution in [1.29, 1.82) is 0 Å². The Bertz CT molecular complexity index is 634. The molecule has 0 aliphatic heterocycles. The van der Waals surface area contributed by atoms with Crippen LogP contribution >= 0.6 is 0 Å². The molecule has 0 heterocycles. The van der Waals surface area contributed by atoms with Gasteiger partial charge in [-0.2, -0.15) is 26.3 Å². The lowest BCUT2D eigenvalue weighted by molar-refractivity contribution is -0.143. The molecule has 0 atom stereocenters. The Morgan fingerprint density at radius 3 is 1.96 bits per heavy atom. The Kier molecular flexibility index (Phi) is 7.33. The number of hydrogen-bond donors (Lipinski definition) is 3. The van der Waals surface area contributed by atoms with E-state index in [0.717, 1.165) is 25.7 Å². The minimum absolute atomic E-state index is 0.00635. The molecule has 1 aliphatic rings. The van der Waals surface area contributed by atoms with Crippen molar-refractivity contribution >= 4 is 5.91 Å². The van der Waals surface area contributed by atoms with E-state index in [4.69, 9.17) is 5.73 Å². The van der Waals surface area contributed by atoms with Crippen molar-refractivity contribution in [2.75, 3.05) is 19.6 Å². The minimum atomic E-state index is -4.98. The lowest BCUT2D eigenvalue weighted by atomic mass is 9.86. The van der Waals surface area contributed by atoms with Gasteiger partial charge >= 0.3 is 12.4 Å². The predicted octanol–water partition coefficient (Wildman–Crippen LogP) is 3.56. The van der Waals surface area contributed by atoms with Gasteiger partial charge in [0.1, 0.15) is 0 Å². The summed E-state index contributed by atoms with van der Waals surface area (Å²) in [5.74, 6) is -0.812. The van der Waals surface area contributed by atoms with Crippen LogP contribution in [0.25, 0.3) is 0 Å². The average Bonchev–Trinajstić information content (AvgIpc) is 2.63. The van der Waals surface area contributed by atoms with E-state index in [-0.39, 0.29) is 18.5 Å². The second-order valence-corrected chi connectivity index (χ2v) is 6.97. The Balaban J connectivity index is 2.00. The second-order valence-electron chi connectivity index (χ2n) is 6.97. The molecule has 158 valence electrons. The molecule has 1 aromatic rings. The molecule has 0 spiro atoms. The van der Waals surface area contributed by atoms with E-state index in [1.54, 1.807) is 0 Å². The maximum absolute atomic E-state index is 12.9. The molecule has 4 N–H and O–H groups in total. The molecule has 1 fully saturated rings. The van der Waals surface area contributed by atoms with Crippen LogP contribution in [0.15, 0.2) is 18.2 Å². The van der Waals surface area contributed by atoms with Crippen LogP contribution in [0.1, 0.15) is 47.2 Å². The fourth-order valence-corrected chi connectivity index (χ4v) is 3.28. The molecule has 0 aromatic heterocycles. The van der Waals surface area contributed by atoms with Gasteiger partial charge in [-0.15, -0.1) is 0 Å². The van der Waals surface area contributed by atoms with E-state index in [1.165, 1.54) is 0 Å². The lowest BCUT2D eigenvalue weighted by Gasteiger charge is -2.29. The molecule has 0 saturated heterocycles. The van der Waals surface area contributed by atoms with Crippen LogP contribution in [0.2, 0.25) is 0 Å². The first-order valence-corrected chi connectivity index (χ1v) is 9.02. The first-order valence-electron chi connectivity index (χ1n) is 9.02. The van der Waals surface area contributed by atoms with Crippen molar-refractivity contribution in [3.63, 3.8) is 0 Å². The van der Waals surface area contributed by atoms with Crippen molar-refractivity contribution in [2.45, 2.75) is 44.1 Å². The van der Waals surface area contributed by atoms with Gasteiger partial charge in [-0.25, -0.2) is 0 Å². The first kappa shape index (κ1) is 22.5. The summed E-state index contributed by atoms with van der Waals surface area (Å²) in [6.45, 7) is 1.45. The van der Waals surface area contributed by atoms with Crippen LogP contribution in [0.4, 0.5) is 26.3 Å². The Morgan fingerprint density at radius 1 is 0.964 bits per heavy atom. The van der Waals surface area contributed by atoms with E-state index in [1.807, 2.05) is 0 Å². The zero-order chi connectivity index (χ0) is 20.9. The molecule has 0 bridgehead atoms. The molecular weight excluding hydrogens is 388 g/mol. The van der Waals surface area contributed by atoms with Crippen LogP contribution in [0.5, 0.6) is 0 Å². The van der Waals surface area contributed by atoms with Crippen LogP contribution < -0.4 is 16.4 Å². The highest BCUT2D eigenvalue weighted by Crippen LogP contribution is 2.36. The summed E-state index contributed by atoms with van der Waals surface area (Å²) in [4.78, 5) is 12.2. The number of amides is 1. The summed E-state index contributed by atoms with van der Waals surface area (Å²) >= 11 is 0. The number of benzene rings is 1. The number of nitrogens with one attached hydrogen (secondary N) is 2. The van der Waals surface area contributed by atoms with Crippen molar-refractivity contribution in [2.24, 2.45) is 11.7 Å². The van der Waals surface area contributed by atoms with Crippen LogP contribution in [-0.4, -0.2) is 31.6 Å². The predicted molar refractivity (Wildman–Crippen MR) is 91.6 cm³/mol. The Labute approximate surface area is 158 Å². The molecule has 0 radical (unpaired) electrons. The SMILES string of the molecule is NCCNC1CCC(CNC(=O)c2cc(C(F)(F)F)cc(C(F)(F)F)c2)CC1. The third kappa shape index (κ3) is 6.37. The fourth-order valence-electron chi connectivity index (χ4n) is 3.28. The summed E-state index contributed by atoms with van der Waals surface area (Å²) in [6.07, 6.45) is -6.60. The number of hydrogen-bond acceptors (Lipinski definition) is 3. The van der Waals surface area contributed by atoms with Crippen molar-refractivity contribution in [3.8, 4) is 0 Å². The van der Waals surface area contributed by atoms with Gasteiger partial charge in [0.2, 0.25) is 0 Å². The third-order valence-corrected chi connectivity index (χ3v) is 4.83. The standard InChI is InChI=1S/C18H23F6N3O/c19-17(20,21)13-7-12(8-14(9-13)18(22,23)24)16(28)27-10-11-1-3-15(4-2-11)26-6-5-25/h7-9,11,15,26H,1-6,10,25H2,(H,27,28). The smallest absolute Gasteiger partial charge is 0.352 e. The summed E-state index contributed by atoms with van der Waals surface area (Å²) < 4.78 is 77.3. The number of carbonyl (C=O) groups is 1. The highest BCUT2D eigenvalue weighted by atomic mass is 19.4. The molecule has 28 heavy (non-hydrogen) atoms. The van der Waals surface area contributed by atoms with Gasteiger partial charge in [-0.1, -0.05) is 0 Å². The summed E-state index contributed by atoms with van der Waals surface area (Å²) in [5, 5.41) is 5.77. The third-order valence-electron chi connectivity index (χ3n) is 4.83. The van der Waals surface area contributed by atoms with Gasteiger partial charge < -0.3 is 16.4 Å². The average molecular weight is 411 g/mol. The molecule has 1 aliphatic carbocycles. The molecular formula is C18H23F6N3O. The molecule has 4 nitrogen and oxygen atoms in total. The van der Waals surface area contributed by atoms with Crippen LogP contribution in [0, 0.1) is 5.92 Å². The first-order chi connectivity index (χ1) is 13.0. The van der Waals surface area contributed by atoms with E-state index < -0.39 is 35.0 Å². The molecule has 0 unspecified atom stereocenters. The quantitative estimate of drug-likeness (QED) is 0.627. The zero-order valence-corrected chi connectivity index (χ0v) is 15.1. The number of carbonyl (C=O) groups excluding carboxylic acids is 1. The topological polar surface area (TPSA) is 67.2 Å². The van der Waals surface area contributed by atoms with E-state index in [2.05, 4.69) is 10.6 Å². The van der Waals surface area contributed by atoms with Crippen LogP contribution in [0.3, 0.4) is 0 Å². The summed E-state index contributed by atoms with van der Waals surface area (Å²) in [7, 11) is 0. The number of alkyl halides is 6. The summed E-state index contributed by atoms with van der Waals surface area (Å²) in [6, 6.07) is 1.23. The molecule has 1 saturated carbocycles. The minimum Gasteiger partial charge on any atom is -0.352 e. The molecule has 1 amide bonds. The van der Waals surface area contributed by atoms with Gasteiger partial charge in [-0.05, 0) is 49.8 Å². The highest BCUT2D eigenvalue weighted by molar-refractivity contribution is 5.94. The van der Waals surface area contributed by atoms with Gasteiger partial charge in [0, 0.05) is 31.2 Å². The lowest BCUT2D eigenvalue weighted by Crippen LogP contribution is -2.38. The fraction of sp³-hybridized carbons (Fsp3) is 0.611. The molecule has 2 rings (SSSR count). The maximum Gasteiger partial charge on any atom is 0.416 e. The van der Waals surface area contributed by atoms with Crippen molar-refractivity contribution < 1.29 is 31.1 Å². The number of halogens is 6. The van der Waals surface area contributed by atoms with Gasteiger partial charge in [-0.3, -0.25) is 4.79 Å². The molecule has 1 aromatic carbocycles. The highest BCUT2D eigenvalue weighted by Gasteiger charge is 2.37. The van der Waals surface area contributed by atoms with E-state index in [0.29, 0.717) is 31.3 Å². The van der Waals surface area contributed by atoms with Crippen LogP contribution in [-0.2, 0) is 12.4 Å². The Hall–Kier alpha value is -1.81. The summed E-state index contributed by atoms with van der Waals surface area (Å²) in [5.41, 5.74) is 1.78. The van der Waals surface area contributed by atoms with E-state index in [9.17, 15) is 31.1 Å². The monoisotopic (exact) mass is 411 g/mol. The number of nitrogens with two attached hydrogens (primary N) is 1. The van der Waals surface area contributed by atoms with Gasteiger partial charge in [0.05, 0.1) is 11.1 Å². The second kappa shape index (κ2) is 9.13. The number of rotatable bonds is 6. The normalized spacial score (nSPS) is 20.8. The zero-order valence-electron chi connectivity index (χ0n) is 15.1. The molecule has 10 heteroatoms.